The molecule has 6 heteroatoms. The lowest BCUT2D eigenvalue weighted by atomic mass is 9.82. The Morgan fingerprint density at radius 3 is 2.57 bits per heavy atom. The van der Waals surface area contributed by atoms with Crippen LogP contribution in [0.15, 0.2) is 12.4 Å². The molecule has 2 aliphatic heterocycles. The van der Waals surface area contributed by atoms with Crippen molar-refractivity contribution in [2.24, 2.45) is 0 Å². The average molecular weight is 319 g/mol. The largest absolute Gasteiger partial charge is 0.390 e. The van der Waals surface area contributed by atoms with Crippen LogP contribution in [0.25, 0.3) is 0 Å². The topological polar surface area (TPSA) is 75.6 Å². The molecular formula is C17H25N3O3. The number of rotatable bonds is 2. The molecule has 1 spiro atoms. The van der Waals surface area contributed by atoms with Crippen molar-refractivity contribution in [3.05, 3.63) is 23.8 Å². The van der Waals surface area contributed by atoms with Crippen LogP contribution in [0.5, 0.6) is 0 Å². The van der Waals surface area contributed by atoms with Crippen molar-refractivity contribution >= 4 is 5.91 Å². The molecule has 1 aromatic rings. The molecule has 1 amide bonds. The van der Waals surface area contributed by atoms with E-state index in [1.807, 2.05) is 18.7 Å². The molecule has 0 radical (unpaired) electrons. The first-order chi connectivity index (χ1) is 11.0. The average Bonchev–Trinajstić information content (AvgIpc) is 2.58. The van der Waals surface area contributed by atoms with Gasteiger partial charge in [-0.25, -0.2) is 9.97 Å². The van der Waals surface area contributed by atoms with Crippen molar-refractivity contribution in [3.63, 3.8) is 0 Å². The quantitative estimate of drug-likeness (QED) is 0.899. The van der Waals surface area contributed by atoms with Crippen molar-refractivity contribution in [1.29, 1.82) is 0 Å². The lowest BCUT2D eigenvalue weighted by Gasteiger charge is -2.46. The van der Waals surface area contributed by atoms with Gasteiger partial charge in [-0.05, 0) is 25.7 Å². The molecule has 2 saturated heterocycles. The van der Waals surface area contributed by atoms with Gasteiger partial charge in [-0.1, -0.05) is 13.8 Å². The predicted molar refractivity (Wildman–Crippen MR) is 85.2 cm³/mol. The number of nitrogens with zero attached hydrogens (tertiary/aromatic N) is 3. The summed E-state index contributed by atoms with van der Waals surface area (Å²) in [5, 5.41) is 10.3. The Labute approximate surface area is 136 Å². The molecule has 126 valence electrons. The van der Waals surface area contributed by atoms with Crippen LogP contribution in [0, 0.1) is 0 Å². The fraction of sp³-hybridized carbons (Fsp3) is 0.706. The molecule has 0 unspecified atom stereocenters. The van der Waals surface area contributed by atoms with E-state index in [2.05, 4.69) is 9.97 Å². The van der Waals surface area contributed by atoms with Gasteiger partial charge in [0.25, 0.3) is 5.91 Å². The van der Waals surface area contributed by atoms with Gasteiger partial charge >= 0.3 is 0 Å². The second-order valence-corrected chi connectivity index (χ2v) is 6.85. The fourth-order valence-corrected chi connectivity index (χ4v) is 3.41. The molecule has 2 aliphatic rings. The Morgan fingerprint density at radius 1 is 1.35 bits per heavy atom. The Hall–Kier alpha value is -1.53. The van der Waals surface area contributed by atoms with Crippen LogP contribution in [0.4, 0.5) is 0 Å². The highest BCUT2D eigenvalue weighted by Gasteiger charge is 2.44. The number of hydrogen-bond donors (Lipinski definition) is 1. The van der Waals surface area contributed by atoms with E-state index in [4.69, 9.17) is 4.74 Å². The van der Waals surface area contributed by atoms with Crippen LogP contribution in [0.1, 0.15) is 61.6 Å². The second-order valence-electron chi connectivity index (χ2n) is 6.85. The number of piperidine rings is 1. The fourth-order valence-electron chi connectivity index (χ4n) is 3.41. The molecule has 3 heterocycles. The first kappa shape index (κ1) is 16.3. The minimum atomic E-state index is -0.451. The zero-order chi connectivity index (χ0) is 16.4. The van der Waals surface area contributed by atoms with E-state index in [1.54, 1.807) is 12.4 Å². The molecule has 0 bridgehead atoms. The SMILES string of the molecule is CC(C)c1ncc(C(=O)N2CCC3(CC2)OCCC[C@H]3O)cn1. The lowest BCUT2D eigenvalue weighted by molar-refractivity contribution is -0.174. The van der Waals surface area contributed by atoms with Crippen LogP contribution in [0.2, 0.25) is 0 Å². The van der Waals surface area contributed by atoms with Crippen molar-refractivity contribution < 1.29 is 14.6 Å². The van der Waals surface area contributed by atoms with E-state index >= 15 is 0 Å². The van der Waals surface area contributed by atoms with Gasteiger partial charge < -0.3 is 14.7 Å². The smallest absolute Gasteiger partial charge is 0.256 e. The molecule has 1 N–H and O–H groups in total. The highest BCUT2D eigenvalue weighted by Crippen LogP contribution is 2.35. The van der Waals surface area contributed by atoms with E-state index in [-0.39, 0.29) is 11.8 Å². The maximum atomic E-state index is 12.6. The number of aliphatic hydroxyl groups excluding tert-OH is 1. The number of ether oxygens (including phenoxy) is 1. The summed E-state index contributed by atoms with van der Waals surface area (Å²) in [6.07, 6.45) is 5.88. The molecule has 0 aliphatic carbocycles. The highest BCUT2D eigenvalue weighted by atomic mass is 16.5. The zero-order valence-corrected chi connectivity index (χ0v) is 13.9. The van der Waals surface area contributed by atoms with Gasteiger partial charge in [-0.3, -0.25) is 4.79 Å². The molecular weight excluding hydrogens is 294 g/mol. The number of aromatic nitrogens is 2. The Kier molecular flexibility index (Phi) is 4.64. The van der Waals surface area contributed by atoms with E-state index in [9.17, 15) is 9.90 Å². The minimum Gasteiger partial charge on any atom is -0.390 e. The molecule has 6 nitrogen and oxygen atoms in total. The van der Waals surface area contributed by atoms with Gasteiger partial charge in [-0.15, -0.1) is 0 Å². The second kappa shape index (κ2) is 6.53. The Balaban J connectivity index is 1.64. The van der Waals surface area contributed by atoms with E-state index in [0.29, 0.717) is 38.1 Å². The third-order valence-electron chi connectivity index (χ3n) is 4.95. The summed E-state index contributed by atoms with van der Waals surface area (Å²) in [4.78, 5) is 22.9. The summed E-state index contributed by atoms with van der Waals surface area (Å²) in [7, 11) is 0. The van der Waals surface area contributed by atoms with E-state index < -0.39 is 11.7 Å². The maximum Gasteiger partial charge on any atom is 0.256 e. The first-order valence-corrected chi connectivity index (χ1v) is 8.45. The third-order valence-corrected chi connectivity index (χ3v) is 4.95. The summed E-state index contributed by atoms with van der Waals surface area (Å²) in [5.41, 5.74) is 0.0722. The van der Waals surface area contributed by atoms with Crippen molar-refractivity contribution in [3.8, 4) is 0 Å². The van der Waals surface area contributed by atoms with Gasteiger partial charge in [0.1, 0.15) is 5.82 Å². The van der Waals surface area contributed by atoms with Crippen LogP contribution >= 0.6 is 0 Å². The maximum absolute atomic E-state index is 12.6. The van der Waals surface area contributed by atoms with Crippen LogP contribution in [-0.4, -0.2) is 57.3 Å². The lowest BCUT2D eigenvalue weighted by Crippen LogP contribution is -2.56. The summed E-state index contributed by atoms with van der Waals surface area (Å²) in [6, 6.07) is 0. The summed E-state index contributed by atoms with van der Waals surface area (Å²) < 4.78 is 5.88. The number of amides is 1. The molecule has 0 saturated carbocycles. The molecule has 23 heavy (non-hydrogen) atoms. The van der Waals surface area contributed by atoms with Gasteiger partial charge in [0.2, 0.25) is 0 Å². The summed E-state index contributed by atoms with van der Waals surface area (Å²) in [6.45, 7) is 5.95. The molecule has 3 rings (SSSR count). The number of likely N-dealkylation sites (tertiary alicyclic amines) is 1. The third kappa shape index (κ3) is 3.23. The van der Waals surface area contributed by atoms with Crippen LogP contribution in [0.3, 0.4) is 0 Å². The predicted octanol–water partition coefficient (Wildman–Crippen LogP) is 1.75. The van der Waals surface area contributed by atoms with Crippen molar-refractivity contribution in [2.45, 2.75) is 57.2 Å². The van der Waals surface area contributed by atoms with E-state index in [1.165, 1.54) is 0 Å². The van der Waals surface area contributed by atoms with Crippen molar-refractivity contribution in [1.82, 2.24) is 14.9 Å². The number of hydrogen-bond acceptors (Lipinski definition) is 5. The highest BCUT2D eigenvalue weighted by molar-refractivity contribution is 5.93. The molecule has 1 aromatic heterocycles. The van der Waals surface area contributed by atoms with Crippen LogP contribution < -0.4 is 0 Å². The first-order valence-electron chi connectivity index (χ1n) is 8.45. The summed E-state index contributed by atoms with van der Waals surface area (Å²) in [5.74, 6) is 0.956. The standard InChI is InChI=1S/C17H25N3O3/c1-12(2)15-18-10-13(11-19-15)16(22)20-7-5-17(6-8-20)14(21)4-3-9-23-17/h10-12,14,21H,3-9H2,1-2H3/t14-/m1/s1. The Bertz CT molecular complexity index is 551. The zero-order valence-electron chi connectivity index (χ0n) is 13.9. The monoisotopic (exact) mass is 319 g/mol. The Morgan fingerprint density at radius 2 is 2.00 bits per heavy atom. The minimum absolute atomic E-state index is 0.0412. The molecule has 2 fully saturated rings. The normalized spacial score (nSPS) is 24.2. The number of carbonyl (C=O) groups is 1. The van der Waals surface area contributed by atoms with Gasteiger partial charge in [0.15, 0.2) is 0 Å². The van der Waals surface area contributed by atoms with Crippen LogP contribution in [-0.2, 0) is 4.74 Å². The molecule has 1 atom stereocenters. The van der Waals surface area contributed by atoms with Crippen molar-refractivity contribution in [2.75, 3.05) is 19.7 Å². The molecule has 0 aromatic carbocycles. The number of aliphatic hydroxyl groups is 1. The van der Waals surface area contributed by atoms with Gasteiger partial charge in [0, 0.05) is 38.0 Å². The van der Waals surface area contributed by atoms with Gasteiger partial charge in [-0.2, -0.15) is 0 Å². The van der Waals surface area contributed by atoms with Gasteiger partial charge in [0.05, 0.1) is 17.3 Å². The van der Waals surface area contributed by atoms with E-state index in [0.717, 1.165) is 18.7 Å². The number of carbonyl (C=O) groups excluding carboxylic acids is 1. The summed E-state index contributed by atoms with van der Waals surface area (Å²) >= 11 is 0.